The van der Waals surface area contributed by atoms with Gasteiger partial charge < -0.3 is 5.32 Å². The first-order valence-corrected chi connectivity index (χ1v) is 8.84. The van der Waals surface area contributed by atoms with Crippen molar-refractivity contribution in [1.29, 1.82) is 0 Å². The predicted octanol–water partition coefficient (Wildman–Crippen LogP) is 4.54. The van der Waals surface area contributed by atoms with Crippen molar-refractivity contribution in [2.75, 3.05) is 0 Å². The zero-order chi connectivity index (χ0) is 18.6. The minimum atomic E-state index is -0.131. The van der Waals surface area contributed by atoms with Crippen LogP contribution < -0.4 is 5.32 Å². The highest BCUT2D eigenvalue weighted by molar-refractivity contribution is 6.06. The lowest BCUT2D eigenvalue weighted by atomic mass is 10.0. The molecule has 0 saturated carbocycles. The van der Waals surface area contributed by atoms with Crippen LogP contribution in [0.4, 0.5) is 0 Å². The molecule has 2 aromatic carbocycles. The molecule has 2 aromatic heterocycles. The molecule has 4 heteroatoms. The minimum Gasteiger partial charge on any atom is -0.348 e. The van der Waals surface area contributed by atoms with E-state index in [-0.39, 0.29) is 5.91 Å². The quantitative estimate of drug-likeness (QED) is 0.586. The van der Waals surface area contributed by atoms with Crippen LogP contribution in [0.5, 0.6) is 0 Å². The number of carbonyl (C=O) groups excluding carboxylic acids is 1. The van der Waals surface area contributed by atoms with Crippen LogP contribution in [0.25, 0.3) is 22.2 Å². The summed E-state index contributed by atoms with van der Waals surface area (Å²) in [5, 5.41) is 3.76. The van der Waals surface area contributed by atoms with Crippen molar-refractivity contribution < 1.29 is 4.79 Å². The van der Waals surface area contributed by atoms with Crippen LogP contribution in [0.3, 0.4) is 0 Å². The lowest BCUT2D eigenvalue weighted by Crippen LogP contribution is -2.23. The average molecular weight is 353 g/mol. The SMILES string of the molecule is Cc1ccc(CNC(=O)c2cc(-c3ccccc3)nc3ccncc23)cc1. The number of benzene rings is 2. The van der Waals surface area contributed by atoms with Gasteiger partial charge in [0.25, 0.3) is 5.91 Å². The maximum absolute atomic E-state index is 12.9. The summed E-state index contributed by atoms with van der Waals surface area (Å²) in [7, 11) is 0. The Morgan fingerprint density at radius 1 is 1.00 bits per heavy atom. The van der Waals surface area contributed by atoms with Gasteiger partial charge in [0, 0.05) is 29.9 Å². The van der Waals surface area contributed by atoms with Gasteiger partial charge in [-0.25, -0.2) is 4.98 Å². The van der Waals surface area contributed by atoms with Gasteiger partial charge in [0.15, 0.2) is 0 Å². The number of rotatable bonds is 4. The van der Waals surface area contributed by atoms with Crippen LogP contribution in [-0.4, -0.2) is 15.9 Å². The molecule has 1 N–H and O–H groups in total. The maximum Gasteiger partial charge on any atom is 0.252 e. The van der Waals surface area contributed by atoms with E-state index in [9.17, 15) is 4.79 Å². The van der Waals surface area contributed by atoms with E-state index >= 15 is 0 Å². The summed E-state index contributed by atoms with van der Waals surface area (Å²) in [4.78, 5) is 21.8. The van der Waals surface area contributed by atoms with Gasteiger partial charge in [0.1, 0.15) is 0 Å². The van der Waals surface area contributed by atoms with Crippen molar-refractivity contribution in [2.24, 2.45) is 0 Å². The highest BCUT2D eigenvalue weighted by Gasteiger charge is 2.14. The summed E-state index contributed by atoms with van der Waals surface area (Å²) in [6, 6.07) is 21.7. The summed E-state index contributed by atoms with van der Waals surface area (Å²) < 4.78 is 0. The van der Waals surface area contributed by atoms with Gasteiger partial charge in [0.05, 0.1) is 16.8 Å². The van der Waals surface area contributed by atoms with Gasteiger partial charge in [-0.2, -0.15) is 0 Å². The number of aryl methyl sites for hydroxylation is 1. The molecular weight excluding hydrogens is 334 g/mol. The highest BCUT2D eigenvalue weighted by atomic mass is 16.1. The first kappa shape index (κ1) is 16.9. The standard InChI is InChI=1S/C23H19N3O/c1-16-7-9-17(10-8-16)14-25-23(27)19-13-22(18-5-3-2-4-6-18)26-21-11-12-24-15-20(19)21/h2-13,15H,14H2,1H3,(H,25,27). The number of amides is 1. The van der Waals surface area contributed by atoms with Gasteiger partial charge in [-0.1, -0.05) is 60.2 Å². The fourth-order valence-electron chi connectivity index (χ4n) is 3.00. The summed E-state index contributed by atoms with van der Waals surface area (Å²) in [6.07, 6.45) is 3.38. The summed E-state index contributed by atoms with van der Waals surface area (Å²) in [5.74, 6) is -0.131. The van der Waals surface area contributed by atoms with Gasteiger partial charge >= 0.3 is 0 Å². The molecule has 4 rings (SSSR count). The number of hydrogen-bond donors (Lipinski definition) is 1. The Hall–Kier alpha value is -3.53. The fraction of sp³-hybridized carbons (Fsp3) is 0.0870. The number of pyridine rings is 2. The van der Waals surface area contributed by atoms with Crippen molar-refractivity contribution in [3.8, 4) is 11.3 Å². The molecule has 0 aliphatic rings. The number of nitrogens with zero attached hydrogens (tertiary/aromatic N) is 2. The molecule has 0 aliphatic carbocycles. The third kappa shape index (κ3) is 3.70. The molecule has 27 heavy (non-hydrogen) atoms. The second-order valence-corrected chi connectivity index (χ2v) is 6.48. The van der Waals surface area contributed by atoms with Gasteiger partial charge in [0.2, 0.25) is 0 Å². The smallest absolute Gasteiger partial charge is 0.252 e. The molecule has 0 unspecified atom stereocenters. The minimum absolute atomic E-state index is 0.131. The Balaban J connectivity index is 1.69. The van der Waals surface area contributed by atoms with Crippen molar-refractivity contribution in [3.05, 3.63) is 95.8 Å². The number of fused-ring (bicyclic) bond motifs is 1. The van der Waals surface area contributed by atoms with E-state index < -0.39 is 0 Å². The Morgan fingerprint density at radius 2 is 1.78 bits per heavy atom. The van der Waals surface area contributed by atoms with Crippen molar-refractivity contribution in [1.82, 2.24) is 15.3 Å². The second-order valence-electron chi connectivity index (χ2n) is 6.48. The molecule has 0 saturated heterocycles. The topological polar surface area (TPSA) is 54.9 Å². The maximum atomic E-state index is 12.9. The monoisotopic (exact) mass is 353 g/mol. The molecule has 0 aliphatic heterocycles. The zero-order valence-electron chi connectivity index (χ0n) is 15.0. The molecule has 0 fully saturated rings. The molecule has 132 valence electrons. The lowest BCUT2D eigenvalue weighted by Gasteiger charge is -2.10. The van der Waals surface area contributed by atoms with Crippen LogP contribution in [-0.2, 0) is 6.54 Å². The molecule has 0 bridgehead atoms. The van der Waals surface area contributed by atoms with Crippen LogP contribution in [0.1, 0.15) is 21.5 Å². The van der Waals surface area contributed by atoms with E-state index in [4.69, 9.17) is 4.98 Å². The van der Waals surface area contributed by atoms with Crippen molar-refractivity contribution in [3.63, 3.8) is 0 Å². The van der Waals surface area contributed by atoms with Gasteiger partial charge in [-0.05, 0) is 24.6 Å². The van der Waals surface area contributed by atoms with Crippen molar-refractivity contribution in [2.45, 2.75) is 13.5 Å². The van der Waals surface area contributed by atoms with Crippen LogP contribution in [0.15, 0.2) is 79.1 Å². The van der Waals surface area contributed by atoms with E-state index in [1.54, 1.807) is 12.4 Å². The molecule has 0 radical (unpaired) electrons. The van der Waals surface area contributed by atoms with Gasteiger partial charge in [-0.3, -0.25) is 9.78 Å². The van der Waals surface area contributed by atoms with E-state index in [0.29, 0.717) is 12.1 Å². The van der Waals surface area contributed by atoms with Crippen molar-refractivity contribution >= 4 is 16.8 Å². The zero-order valence-corrected chi connectivity index (χ0v) is 15.0. The number of aromatic nitrogens is 2. The van der Waals surface area contributed by atoms with E-state index in [0.717, 1.165) is 27.7 Å². The molecular formula is C23H19N3O. The van der Waals surface area contributed by atoms with E-state index in [2.05, 4.69) is 10.3 Å². The van der Waals surface area contributed by atoms with Gasteiger partial charge in [-0.15, -0.1) is 0 Å². The summed E-state index contributed by atoms with van der Waals surface area (Å²) in [6.45, 7) is 2.52. The Labute approximate surface area is 157 Å². The molecule has 4 aromatic rings. The molecule has 1 amide bonds. The second kappa shape index (κ2) is 7.38. The molecule has 4 nitrogen and oxygen atoms in total. The third-order valence-corrected chi connectivity index (χ3v) is 4.50. The first-order valence-electron chi connectivity index (χ1n) is 8.84. The largest absolute Gasteiger partial charge is 0.348 e. The lowest BCUT2D eigenvalue weighted by molar-refractivity contribution is 0.0952. The average Bonchev–Trinajstić information content (AvgIpc) is 2.73. The molecule has 2 heterocycles. The fourth-order valence-corrected chi connectivity index (χ4v) is 3.00. The summed E-state index contributed by atoms with van der Waals surface area (Å²) in [5.41, 5.74) is 5.35. The Bertz CT molecular complexity index is 1090. The predicted molar refractivity (Wildman–Crippen MR) is 107 cm³/mol. The summed E-state index contributed by atoms with van der Waals surface area (Å²) >= 11 is 0. The van der Waals surface area contributed by atoms with Crippen LogP contribution >= 0.6 is 0 Å². The first-order chi connectivity index (χ1) is 13.2. The highest BCUT2D eigenvalue weighted by Crippen LogP contribution is 2.24. The Morgan fingerprint density at radius 3 is 2.56 bits per heavy atom. The normalized spacial score (nSPS) is 10.7. The van der Waals surface area contributed by atoms with E-state index in [1.165, 1.54) is 5.56 Å². The third-order valence-electron chi connectivity index (χ3n) is 4.50. The molecule has 0 spiro atoms. The van der Waals surface area contributed by atoms with E-state index in [1.807, 2.05) is 73.7 Å². The van der Waals surface area contributed by atoms with Crippen LogP contribution in [0, 0.1) is 6.92 Å². The number of carbonyl (C=O) groups is 1. The Kier molecular flexibility index (Phi) is 4.62. The number of nitrogens with one attached hydrogen (secondary N) is 1. The number of hydrogen-bond acceptors (Lipinski definition) is 3. The molecule has 0 atom stereocenters. The van der Waals surface area contributed by atoms with Crippen LogP contribution in [0.2, 0.25) is 0 Å².